The van der Waals surface area contributed by atoms with Crippen molar-refractivity contribution < 1.29 is 19.1 Å². The highest BCUT2D eigenvalue weighted by molar-refractivity contribution is 6.02. The second-order valence-electron chi connectivity index (χ2n) is 6.83. The molecule has 1 spiro atoms. The molecular formula is C15H18O4. The van der Waals surface area contributed by atoms with Crippen molar-refractivity contribution in [2.75, 3.05) is 0 Å². The SMILES string of the molecule is CC1C(=O)OC2C1CCC1(C)C=CC(=O)C3(C)OC213. The van der Waals surface area contributed by atoms with E-state index in [0.717, 1.165) is 12.8 Å². The molecule has 4 nitrogen and oxygen atoms in total. The molecule has 2 aliphatic heterocycles. The molecule has 0 aromatic rings. The summed E-state index contributed by atoms with van der Waals surface area (Å²) in [6.07, 6.45) is 5.23. The van der Waals surface area contributed by atoms with Crippen molar-refractivity contribution in [1.82, 2.24) is 0 Å². The number of hydrogen-bond donors (Lipinski definition) is 0. The van der Waals surface area contributed by atoms with E-state index in [9.17, 15) is 9.59 Å². The van der Waals surface area contributed by atoms with Crippen LogP contribution in [-0.2, 0) is 19.1 Å². The van der Waals surface area contributed by atoms with Gasteiger partial charge in [0.15, 0.2) is 17.0 Å². The number of epoxide rings is 1. The number of carbonyl (C=O) groups excluding carboxylic acids is 2. The molecule has 4 aliphatic rings. The van der Waals surface area contributed by atoms with E-state index in [4.69, 9.17) is 9.47 Å². The molecule has 0 N–H and O–H groups in total. The van der Waals surface area contributed by atoms with Crippen LogP contribution in [0.4, 0.5) is 0 Å². The van der Waals surface area contributed by atoms with Crippen LogP contribution in [0.15, 0.2) is 12.2 Å². The second kappa shape index (κ2) is 2.95. The Balaban J connectivity index is 1.86. The number of fused-ring (bicyclic) bond motifs is 1. The lowest BCUT2D eigenvalue weighted by atomic mass is 9.55. The number of esters is 1. The zero-order valence-electron chi connectivity index (χ0n) is 11.4. The molecule has 0 aromatic carbocycles. The highest BCUT2D eigenvalue weighted by Crippen LogP contribution is 2.70. The first-order chi connectivity index (χ1) is 8.86. The number of carbonyl (C=O) groups is 2. The summed E-state index contributed by atoms with van der Waals surface area (Å²) in [5.41, 5.74) is -1.64. The summed E-state index contributed by atoms with van der Waals surface area (Å²) in [5.74, 6) is -0.0465. The normalized spacial score (nSPS) is 58.2. The smallest absolute Gasteiger partial charge is 0.309 e. The molecule has 6 atom stereocenters. The predicted molar refractivity (Wildman–Crippen MR) is 66.2 cm³/mol. The van der Waals surface area contributed by atoms with Crippen molar-refractivity contribution >= 4 is 11.8 Å². The van der Waals surface area contributed by atoms with Crippen LogP contribution >= 0.6 is 0 Å². The summed E-state index contributed by atoms with van der Waals surface area (Å²) < 4.78 is 11.6. The van der Waals surface area contributed by atoms with Crippen LogP contribution in [-0.4, -0.2) is 29.1 Å². The van der Waals surface area contributed by atoms with Crippen LogP contribution in [0.1, 0.15) is 33.6 Å². The summed E-state index contributed by atoms with van der Waals surface area (Å²) in [7, 11) is 0. The van der Waals surface area contributed by atoms with Crippen LogP contribution in [0.5, 0.6) is 0 Å². The minimum absolute atomic E-state index is 0.00114. The van der Waals surface area contributed by atoms with Gasteiger partial charge in [-0.3, -0.25) is 9.59 Å². The molecule has 0 amide bonds. The first-order valence-corrected chi connectivity index (χ1v) is 7.00. The van der Waals surface area contributed by atoms with Gasteiger partial charge in [0.2, 0.25) is 0 Å². The lowest BCUT2D eigenvalue weighted by Gasteiger charge is -2.46. The molecule has 0 bridgehead atoms. The fraction of sp³-hybridized carbons (Fsp3) is 0.733. The molecule has 6 unspecified atom stereocenters. The molecule has 0 aromatic heterocycles. The summed E-state index contributed by atoms with van der Waals surface area (Å²) in [6, 6.07) is 0. The molecule has 102 valence electrons. The van der Waals surface area contributed by atoms with Gasteiger partial charge in [-0.15, -0.1) is 0 Å². The Morgan fingerprint density at radius 3 is 2.79 bits per heavy atom. The molecule has 4 rings (SSSR count). The average molecular weight is 262 g/mol. The van der Waals surface area contributed by atoms with Crippen molar-refractivity contribution in [3.63, 3.8) is 0 Å². The average Bonchev–Trinajstić information content (AvgIpc) is 2.92. The summed E-state index contributed by atoms with van der Waals surface area (Å²) >= 11 is 0. The molecule has 3 fully saturated rings. The Morgan fingerprint density at radius 1 is 1.32 bits per heavy atom. The van der Waals surface area contributed by atoms with Gasteiger partial charge in [0, 0.05) is 11.3 Å². The Labute approximate surface area is 112 Å². The number of ketones is 1. The van der Waals surface area contributed by atoms with Crippen LogP contribution in [0, 0.1) is 17.3 Å². The molecule has 4 heteroatoms. The summed E-state index contributed by atoms with van der Waals surface area (Å²) in [6.45, 7) is 5.89. The third-order valence-electron chi connectivity index (χ3n) is 6.00. The van der Waals surface area contributed by atoms with Crippen molar-refractivity contribution in [3.05, 3.63) is 12.2 Å². The highest BCUT2D eigenvalue weighted by atomic mass is 16.7. The third kappa shape index (κ3) is 1.00. The molecule has 1 saturated carbocycles. The van der Waals surface area contributed by atoms with Gasteiger partial charge in [0.05, 0.1) is 5.92 Å². The standard InChI is InChI=1S/C15H18O4/c1-8-9-4-6-13(2)7-5-10(16)14(3)15(13,19-14)11(9)18-12(8)17/h5,7-9,11H,4,6H2,1-3H3. The van der Waals surface area contributed by atoms with Gasteiger partial charge < -0.3 is 9.47 Å². The van der Waals surface area contributed by atoms with E-state index in [-0.39, 0.29) is 35.1 Å². The fourth-order valence-corrected chi connectivity index (χ4v) is 4.67. The van der Waals surface area contributed by atoms with E-state index in [0.29, 0.717) is 0 Å². The number of hydrogen-bond acceptors (Lipinski definition) is 4. The van der Waals surface area contributed by atoms with Gasteiger partial charge in [0.25, 0.3) is 0 Å². The number of rotatable bonds is 0. The largest absolute Gasteiger partial charge is 0.459 e. The van der Waals surface area contributed by atoms with Gasteiger partial charge in [-0.1, -0.05) is 19.9 Å². The van der Waals surface area contributed by atoms with Gasteiger partial charge in [0.1, 0.15) is 6.10 Å². The first kappa shape index (κ1) is 11.6. The Morgan fingerprint density at radius 2 is 2.05 bits per heavy atom. The fourth-order valence-electron chi connectivity index (χ4n) is 4.67. The van der Waals surface area contributed by atoms with Crippen molar-refractivity contribution in [1.29, 1.82) is 0 Å². The van der Waals surface area contributed by atoms with E-state index in [1.54, 1.807) is 6.08 Å². The van der Waals surface area contributed by atoms with Crippen LogP contribution in [0.3, 0.4) is 0 Å². The van der Waals surface area contributed by atoms with E-state index in [1.807, 2.05) is 19.9 Å². The third-order valence-corrected chi connectivity index (χ3v) is 6.00. The highest BCUT2D eigenvalue weighted by Gasteiger charge is 2.85. The number of ether oxygens (including phenoxy) is 2. The van der Waals surface area contributed by atoms with Gasteiger partial charge >= 0.3 is 5.97 Å². The van der Waals surface area contributed by atoms with E-state index in [1.165, 1.54) is 0 Å². The van der Waals surface area contributed by atoms with Gasteiger partial charge in [-0.25, -0.2) is 0 Å². The summed E-state index contributed by atoms with van der Waals surface area (Å²) in [4.78, 5) is 24.0. The topological polar surface area (TPSA) is 55.9 Å². The Kier molecular flexibility index (Phi) is 1.81. The van der Waals surface area contributed by atoms with Crippen LogP contribution in [0.25, 0.3) is 0 Å². The van der Waals surface area contributed by atoms with Gasteiger partial charge in [-0.2, -0.15) is 0 Å². The van der Waals surface area contributed by atoms with Gasteiger partial charge in [-0.05, 0) is 25.8 Å². The summed E-state index contributed by atoms with van der Waals surface area (Å²) in [5, 5.41) is 0. The monoisotopic (exact) mass is 262 g/mol. The van der Waals surface area contributed by atoms with Crippen LogP contribution in [0.2, 0.25) is 0 Å². The van der Waals surface area contributed by atoms with Crippen molar-refractivity contribution in [2.45, 2.75) is 50.9 Å². The maximum atomic E-state index is 12.1. The maximum absolute atomic E-state index is 12.1. The van der Waals surface area contributed by atoms with Crippen LogP contribution < -0.4 is 0 Å². The van der Waals surface area contributed by atoms with E-state index >= 15 is 0 Å². The van der Waals surface area contributed by atoms with Crippen molar-refractivity contribution in [3.8, 4) is 0 Å². The van der Waals surface area contributed by atoms with E-state index in [2.05, 4.69) is 6.92 Å². The first-order valence-electron chi connectivity index (χ1n) is 7.00. The molecular weight excluding hydrogens is 244 g/mol. The second-order valence-corrected chi connectivity index (χ2v) is 6.83. The van der Waals surface area contributed by atoms with E-state index < -0.39 is 11.2 Å². The molecule has 2 heterocycles. The minimum Gasteiger partial charge on any atom is -0.459 e. The quantitative estimate of drug-likeness (QED) is 0.492. The molecule has 2 saturated heterocycles. The Bertz CT molecular complexity index is 538. The lowest BCUT2D eigenvalue weighted by Crippen LogP contribution is -2.58. The van der Waals surface area contributed by atoms with Crippen molar-refractivity contribution in [2.24, 2.45) is 17.3 Å². The molecule has 0 radical (unpaired) electrons. The maximum Gasteiger partial charge on any atom is 0.309 e. The zero-order chi connectivity index (χ0) is 13.6. The minimum atomic E-state index is -0.801. The Hall–Kier alpha value is -1.16. The molecule has 2 aliphatic carbocycles. The predicted octanol–water partition coefficient (Wildman–Crippen LogP) is 1.63. The lowest BCUT2D eigenvalue weighted by molar-refractivity contribution is -0.149. The molecule has 19 heavy (non-hydrogen) atoms. The zero-order valence-corrected chi connectivity index (χ0v) is 11.4.